The number of nitrogens with one attached hydrogen (secondary N) is 1. The summed E-state index contributed by atoms with van der Waals surface area (Å²) in [6.07, 6.45) is 2.98. The van der Waals surface area contributed by atoms with E-state index in [-0.39, 0.29) is 47.9 Å². The van der Waals surface area contributed by atoms with Gasteiger partial charge in [0, 0.05) is 28.2 Å². The number of hydrogen-bond donors (Lipinski definition) is 1. The summed E-state index contributed by atoms with van der Waals surface area (Å²) < 4.78 is 16.6. The van der Waals surface area contributed by atoms with Crippen LogP contribution >= 0.6 is 11.3 Å². The van der Waals surface area contributed by atoms with Crippen molar-refractivity contribution in [3.63, 3.8) is 0 Å². The molecular formula is C24H26N2O5S. The highest BCUT2D eigenvalue weighted by molar-refractivity contribution is 7.15. The van der Waals surface area contributed by atoms with Gasteiger partial charge in [0.2, 0.25) is 6.79 Å². The number of ether oxygens (including phenoxy) is 3. The van der Waals surface area contributed by atoms with E-state index < -0.39 is 0 Å². The smallest absolute Gasteiger partial charge is 0.309 e. The molecule has 1 N–H and O–H groups in total. The molecule has 1 saturated carbocycles. The van der Waals surface area contributed by atoms with Crippen LogP contribution in [-0.4, -0.2) is 29.8 Å². The molecule has 2 aromatic rings. The maximum absolute atomic E-state index is 12.8. The number of hydrogen-bond acceptors (Lipinski definition) is 7. The third-order valence-corrected chi connectivity index (χ3v) is 9.00. The number of thiazole rings is 1. The first kappa shape index (κ1) is 20.0. The molecule has 3 heterocycles. The normalized spacial score (nSPS) is 34.3. The fraction of sp³-hybridized carbons (Fsp3) is 0.542. The highest BCUT2D eigenvalue weighted by Gasteiger charge is 2.58. The van der Waals surface area contributed by atoms with Gasteiger partial charge >= 0.3 is 5.97 Å². The minimum absolute atomic E-state index is 0.0230. The third kappa shape index (κ3) is 2.88. The second kappa shape index (κ2) is 6.94. The van der Waals surface area contributed by atoms with Crippen LogP contribution in [0.25, 0.3) is 0 Å². The van der Waals surface area contributed by atoms with Gasteiger partial charge in [0.15, 0.2) is 16.6 Å². The van der Waals surface area contributed by atoms with Gasteiger partial charge in [-0.2, -0.15) is 0 Å². The van der Waals surface area contributed by atoms with E-state index >= 15 is 0 Å². The second-order valence-electron chi connectivity index (χ2n) is 9.89. The van der Waals surface area contributed by atoms with E-state index in [9.17, 15) is 9.59 Å². The second-order valence-corrected chi connectivity index (χ2v) is 11.0. The predicted octanol–water partition coefficient (Wildman–Crippen LogP) is 4.38. The Hall–Kier alpha value is -2.61. The zero-order valence-corrected chi connectivity index (χ0v) is 19.2. The Morgan fingerprint density at radius 3 is 2.88 bits per heavy atom. The van der Waals surface area contributed by atoms with Gasteiger partial charge in [0.1, 0.15) is 6.10 Å². The van der Waals surface area contributed by atoms with Crippen molar-refractivity contribution < 1.29 is 23.8 Å². The zero-order valence-electron chi connectivity index (χ0n) is 18.3. The Labute approximate surface area is 190 Å². The van der Waals surface area contributed by atoms with Crippen LogP contribution in [0.15, 0.2) is 18.2 Å². The summed E-state index contributed by atoms with van der Waals surface area (Å²) in [7, 11) is 0. The van der Waals surface area contributed by atoms with Gasteiger partial charge in [0.05, 0.1) is 11.6 Å². The molecule has 2 aliphatic carbocycles. The molecule has 6 rings (SSSR count). The molecule has 0 unspecified atom stereocenters. The molecule has 0 spiro atoms. The van der Waals surface area contributed by atoms with Crippen molar-refractivity contribution in [2.24, 2.45) is 23.2 Å². The van der Waals surface area contributed by atoms with Crippen LogP contribution in [0.3, 0.4) is 0 Å². The van der Waals surface area contributed by atoms with Crippen molar-refractivity contribution in [2.45, 2.75) is 52.1 Å². The Balaban J connectivity index is 1.27. The average molecular weight is 455 g/mol. The number of aromatic nitrogens is 1. The van der Waals surface area contributed by atoms with Crippen LogP contribution in [0, 0.1) is 23.2 Å². The number of fused-ring (bicyclic) bond motifs is 5. The first-order valence-electron chi connectivity index (χ1n) is 11.3. The number of esters is 1. The van der Waals surface area contributed by atoms with Gasteiger partial charge in [-0.05, 0) is 42.9 Å². The van der Waals surface area contributed by atoms with E-state index in [1.807, 2.05) is 6.92 Å². The summed E-state index contributed by atoms with van der Waals surface area (Å²) in [5.74, 6) is 1.65. The van der Waals surface area contributed by atoms with Gasteiger partial charge in [-0.3, -0.25) is 14.9 Å². The molecule has 32 heavy (non-hydrogen) atoms. The van der Waals surface area contributed by atoms with Crippen molar-refractivity contribution in [2.75, 3.05) is 12.1 Å². The lowest BCUT2D eigenvalue weighted by molar-refractivity contribution is -0.149. The summed E-state index contributed by atoms with van der Waals surface area (Å²) in [4.78, 5) is 31.2. The molecule has 1 amide bonds. The topological polar surface area (TPSA) is 86.8 Å². The van der Waals surface area contributed by atoms with E-state index in [1.54, 1.807) is 29.5 Å². The van der Waals surface area contributed by atoms with Crippen LogP contribution in [0.5, 0.6) is 11.5 Å². The van der Waals surface area contributed by atoms with E-state index in [4.69, 9.17) is 19.2 Å². The van der Waals surface area contributed by atoms with Gasteiger partial charge in [-0.1, -0.05) is 20.8 Å². The van der Waals surface area contributed by atoms with E-state index in [2.05, 4.69) is 19.2 Å². The zero-order chi connectivity index (χ0) is 22.2. The van der Waals surface area contributed by atoms with Gasteiger partial charge in [-0.15, -0.1) is 11.3 Å². The molecule has 7 nitrogen and oxygen atoms in total. The number of nitrogens with zero attached hydrogens (tertiary/aromatic N) is 1. The standard InChI is InChI=1S/C24H26N2O5S/c1-11-14-6-7-24(3)9-17-19(12(2)18(24)20(14)31-22(11)28)25-23(32-17)26-21(27)13-4-5-15-16(8-13)30-10-29-15/h4-5,8,11-12,14,18,20H,6-7,9-10H2,1-3H3,(H,25,26,27)/t11-,12-,14-,18+,20-,24-/m0/s1. The Kier molecular flexibility index (Phi) is 4.35. The van der Waals surface area contributed by atoms with Crippen LogP contribution in [0.4, 0.5) is 5.13 Å². The number of amides is 1. The Morgan fingerprint density at radius 2 is 2.03 bits per heavy atom. The van der Waals surface area contributed by atoms with E-state index in [0.717, 1.165) is 25.0 Å². The van der Waals surface area contributed by atoms with Crippen LogP contribution in [-0.2, 0) is 16.0 Å². The lowest BCUT2D eigenvalue weighted by atomic mass is 9.54. The van der Waals surface area contributed by atoms with Crippen LogP contribution in [0.2, 0.25) is 0 Å². The molecule has 1 aromatic heterocycles. The quantitative estimate of drug-likeness (QED) is 0.678. The van der Waals surface area contributed by atoms with Gasteiger partial charge in [0.25, 0.3) is 5.91 Å². The predicted molar refractivity (Wildman–Crippen MR) is 118 cm³/mol. The summed E-state index contributed by atoms with van der Waals surface area (Å²) in [5, 5.41) is 3.58. The highest BCUT2D eigenvalue weighted by atomic mass is 32.1. The number of carbonyl (C=O) groups excluding carboxylic acids is 2. The lowest BCUT2D eigenvalue weighted by Crippen LogP contribution is -2.50. The van der Waals surface area contributed by atoms with Crippen molar-refractivity contribution >= 4 is 28.3 Å². The molecule has 4 aliphatic rings. The van der Waals surface area contributed by atoms with Gasteiger partial charge in [-0.25, -0.2) is 4.98 Å². The summed E-state index contributed by atoms with van der Waals surface area (Å²) >= 11 is 1.56. The number of anilines is 1. The summed E-state index contributed by atoms with van der Waals surface area (Å²) in [5.41, 5.74) is 1.61. The molecule has 2 fully saturated rings. The van der Waals surface area contributed by atoms with Crippen molar-refractivity contribution in [1.29, 1.82) is 0 Å². The minimum atomic E-state index is -0.218. The van der Waals surface area contributed by atoms with E-state index in [0.29, 0.717) is 28.1 Å². The molecule has 168 valence electrons. The molecule has 0 radical (unpaired) electrons. The van der Waals surface area contributed by atoms with Crippen LogP contribution in [0.1, 0.15) is 60.5 Å². The monoisotopic (exact) mass is 454 g/mol. The largest absolute Gasteiger partial charge is 0.461 e. The molecule has 8 heteroatoms. The Bertz CT molecular complexity index is 1130. The highest BCUT2D eigenvalue weighted by Crippen LogP contribution is 2.59. The maximum atomic E-state index is 12.8. The minimum Gasteiger partial charge on any atom is -0.461 e. The van der Waals surface area contributed by atoms with Crippen molar-refractivity contribution in [3.8, 4) is 11.5 Å². The maximum Gasteiger partial charge on any atom is 0.309 e. The first-order chi connectivity index (χ1) is 15.3. The number of benzene rings is 1. The number of carbonyl (C=O) groups is 2. The lowest BCUT2D eigenvalue weighted by Gasteiger charge is -2.51. The SMILES string of the molecule is C[C@@H]1C(=O)O[C@H]2[C@H]1CC[C@@]1(C)Cc3sc(NC(=O)c4ccc5c(c4)OCO5)nc3[C@@H](C)[C@H]21. The third-order valence-electron chi connectivity index (χ3n) is 8.01. The molecule has 1 aromatic carbocycles. The first-order valence-corrected chi connectivity index (χ1v) is 12.1. The molecule has 6 atom stereocenters. The average Bonchev–Trinajstić information content (AvgIpc) is 3.45. The number of rotatable bonds is 2. The molecule has 0 bridgehead atoms. The van der Waals surface area contributed by atoms with E-state index in [1.165, 1.54) is 4.88 Å². The summed E-state index contributed by atoms with van der Waals surface area (Å²) in [6, 6.07) is 5.17. The fourth-order valence-electron chi connectivity index (χ4n) is 6.34. The summed E-state index contributed by atoms with van der Waals surface area (Å²) in [6.45, 7) is 6.70. The van der Waals surface area contributed by atoms with Crippen molar-refractivity contribution in [3.05, 3.63) is 34.3 Å². The van der Waals surface area contributed by atoms with Crippen molar-refractivity contribution in [1.82, 2.24) is 4.98 Å². The molecule has 1 saturated heterocycles. The fourth-order valence-corrected chi connectivity index (χ4v) is 7.60. The van der Waals surface area contributed by atoms with Gasteiger partial charge < -0.3 is 14.2 Å². The Morgan fingerprint density at radius 1 is 1.22 bits per heavy atom. The molecule has 2 aliphatic heterocycles. The van der Waals surface area contributed by atoms with Crippen LogP contribution < -0.4 is 14.8 Å². The molecular weight excluding hydrogens is 428 g/mol.